The van der Waals surface area contributed by atoms with E-state index in [0.717, 1.165) is 65.4 Å². The SMILES string of the molecule is CCN1CCN(c2ncnc3scc(-c4cnc(F)cc4C)c23)CC1. The molecule has 0 atom stereocenters. The number of hydrogen-bond acceptors (Lipinski definition) is 6. The van der Waals surface area contributed by atoms with E-state index in [1.54, 1.807) is 23.9 Å². The van der Waals surface area contributed by atoms with E-state index >= 15 is 0 Å². The Bertz CT molecular complexity index is 902. The van der Waals surface area contributed by atoms with Gasteiger partial charge in [-0.15, -0.1) is 11.3 Å². The maximum absolute atomic E-state index is 13.4. The van der Waals surface area contributed by atoms with Crippen LogP contribution in [-0.2, 0) is 0 Å². The van der Waals surface area contributed by atoms with Crippen molar-refractivity contribution in [3.63, 3.8) is 0 Å². The Balaban J connectivity index is 1.80. The Labute approximate surface area is 150 Å². The number of pyridine rings is 1. The lowest BCUT2D eigenvalue weighted by Crippen LogP contribution is -2.46. The fraction of sp³-hybridized carbons (Fsp3) is 0.389. The topological polar surface area (TPSA) is 45.2 Å². The summed E-state index contributed by atoms with van der Waals surface area (Å²) in [5.74, 6) is 0.522. The van der Waals surface area contributed by atoms with Crippen LogP contribution < -0.4 is 4.90 Å². The molecule has 0 unspecified atom stereocenters. The zero-order chi connectivity index (χ0) is 17.4. The van der Waals surface area contributed by atoms with Crippen molar-refractivity contribution in [2.75, 3.05) is 37.6 Å². The average molecular weight is 357 g/mol. The van der Waals surface area contributed by atoms with E-state index in [1.165, 1.54) is 6.07 Å². The van der Waals surface area contributed by atoms with Crippen LogP contribution in [0.3, 0.4) is 0 Å². The third kappa shape index (κ3) is 2.98. The number of thiophene rings is 1. The van der Waals surface area contributed by atoms with Gasteiger partial charge in [0.2, 0.25) is 5.95 Å². The first-order valence-electron chi connectivity index (χ1n) is 8.49. The quantitative estimate of drug-likeness (QED) is 0.673. The van der Waals surface area contributed by atoms with Crippen LogP contribution in [0.15, 0.2) is 24.0 Å². The first-order chi connectivity index (χ1) is 12.2. The predicted octanol–water partition coefficient (Wildman–Crippen LogP) is 3.34. The molecular formula is C18H20FN5S. The molecule has 1 aliphatic rings. The van der Waals surface area contributed by atoms with Gasteiger partial charge in [0.05, 0.1) is 5.39 Å². The van der Waals surface area contributed by atoms with E-state index in [1.807, 2.05) is 6.92 Å². The molecule has 0 radical (unpaired) electrons. The van der Waals surface area contributed by atoms with Gasteiger partial charge in [-0.1, -0.05) is 6.92 Å². The van der Waals surface area contributed by atoms with Gasteiger partial charge in [-0.05, 0) is 25.1 Å². The number of likely N-dealkylation sites (N-methyl/N-ethyl adjacent to an activating group) is 1. The number of rotatable bonds is 3. The molecule has 3 aromatic rings. The number of piperazine rings is 1. The Morgan fingerprint density at radius 3 is 2.64 bits per heavy atom. The molecule has 4 heterocycles. The van der Waals surface area contributed by atoms with Crippen molar-refractivity contribution in [3.8, 4) is 11.1 Å². The number of hydrogen-bond donors (Lipinski definition) is 0. The maximum Gasteiger partial charge on any atom is 0.213 e. The van der Waals surface area contributed by atoms with Crippen molar-refractivity contribution in [3.05, 3.63) is 35.5 Å². The molecule has 5 nitrogen and oxygen atoms in total. The summed E-state index contributed by atoms with van der Waals surface area (Å²) in [7, 11) is 0. The number of halogens is 1. The molecule has 0 amide bonds. The number of anilines is 1. The second-order valence-electron chi connectivity index (χ2n) is 6.27. The van der Waals surface area contributed by atoms with E-state index in [0.29, 0.717) is 0 Å². The second-order valence-corrected chi connectivity index (χ2v) is 7.13. The van der Waals surface area contributed by atoms with Crippen LogP contribution in [0.4, 0.5) is 10.2 Å². The van der Waals surface area contributed by atoms with E-state index < -0.39 is 5.95 Å². The van der Waals surface area contributed by atoms with Gasteiger partial charge in [0.15, 0.2) is 0 Å². The third-order valence-electron chi connectivity index (χ3n) is 4.84. The van der Waals surface area contributed by atoms with Crippen LogP contribution >= 0.6 is 11.3 Å². The Morgan fingerprint density at radius 2 is 1.92 bits per heavy atom. The summed E-state index contributed by atoms with van der Waals surface area (Å²) < 4.78 is 13.4. The number of aromatic nitrogens is 3. The van der Waals surface area contributed by atoms with Crippen LogP contribution in [0.2, 0.25) is 0 Å². The maximum atomic E-state index is 13.4. The average Bonchev–Trinajstić information content (AvgIpc) is 3.06. The molecule has 4 rings (SSSR count). The Kier molecular flexibility index (Phi) is 4.35. The predicted molar refractivity (Wildman–Crippen MR) is 99.7 cm³/mol. The molecule has 1 fully saturated rings. The van der Waals surface area contributed by atoms with E-state index in [4.69, 9.17) is 0 Å². The van der Waals surface area contributed by atoms with E-state index in [-0.39, 0.29) is 0 Å². The zero-order valence-corrected chi connectivity index (χ0v) is 15.2. The Morgan fingerprint density at radius 1 is 1.12 bits per heavy atom. The molecule has 0 saturated carbocycles. The Hall–Kier alpha value is -2.12. The van der Waals surface area contributed by atoms with Crippen LogP contribution in [0.1, 0.15) is 12.5 Å². The minimum atomic E-state index is -0.451. The lowest BCUT2D eigenvalue weighted by atomic mass is 10.0. The largest absolute Gasteiger partial charge is 0.353 e. The summed E-state index contributed by atoms with van der Waals surface area (Å²) in [6.45, 7) is 9.17. The smallest absolute Gasteiger partial charge is 0.213 e. The van der Waals surface area contributed by atoms with Gasteiger partial charge in [0, 0.05) is 48.9 Å². The van der Waals surface area contributed by atoms with Gasteiger partial charge in [0.25, 0.3) is 0 Å². The fourth-order valence-corrected chi connectivity index (χ4v) is 4.28. The van der Waals surface area contributed by atoms with Gasteiger partial charge < -0.3 is 9.80 Å². The zero-order valence-electron chi connectivity index (χ0n) is 14.4. The molecule has 0 spiro atoms. The highest BCUT2D eigenvalue weighted by Crippen LogP contribution is 2.39. The normalized spacial score (nSPS) is 15.9. The van der Waals surface area contributed by atoms with Crippen LogP contribution in [0.25, 0.3) is 21.3 Å². The summed E-state index contributed by atoms with van der Waals surface area (Å²) in [4.78, 5) is 18.6. The summed E-state index contributed by atoms with van der Waals surface area (Å²) in [5, 5.41) is 3.13. The van der Waals surface area contributed by atoms with Crippen molar-refractivity contribution in [1.29, 1.82) is 0 Å². The molecular weight excluding hydrogens is 337 g/mol. The molecule has 7 heteroatoms. The minimum Gasteiger partial charge on any atom is -0.353 e. The van der Waals surface area contributed by atoms with E-state index in [9.17, 15) is 4.39 Å². The lowest BCUT2D eigenvalue weighted by Gasteiger charge is -2.35. The highest BCUT2D eigenvalue weighted by molar-refractivity contribution is 7.17. The van der Waals surface area contributed by atoms with Gasteiger partial charge in [-0.25, -0.2) is 15.0 Å². The summed E-state index contributed by atoms with van der Waals surface area (Å²) in [5.41, 5.74) is 2.85. The van der Waals surface area contributed by atoms with Crippen LogP contribution in [-0.4, -0.2) is 52.6 Å². The minimum absolute atomic E-state index is 0.451. The summed E-state index contributed by atoms with van der Waals surface area (Å²) in [6, 6.07) is 1.47. The third-order valence-corrected chi connectivity index (χ3v) is 5.72. The fourth-order valence-electron chi connectivity index (χ4n) is 3.38. The molecule has 0 N–H and O–H groups in total. The lowest BCUT2D eigenvalue weighted by molar-refractivity contribution is 0.271. The molecule has 1 saturated heterocycles. The number of aryl methyl sites for hydroxylation is 1. The first-order valence-corrected chi connectivity index (χ1v) is 9.37. The molecule has 1 aliphatic heterocycles. The number of fused-ring (bicyclic) bond motifs is 1. The van der Waals surface area contributed by atoms with Crippen LogP contribution in [0.5, 0.6) is 0 Å². The van der Waals surface area contributed by atoms with Crippen molar-refractivity contribution >= 4 is 27.4 Å². The summed E-state index contributed by atoms with van der Waals surface area (Å²) in [6.07, 6.45) is 3.25. The van der Waals surface area contributed by atoms with E-state index in [2.05, 4.69) is 37.1 Å². The van der Waals surface area contributed by atoms with Crippen molar-refractivity contribution in [2.45, 2.75) is 13.8 Å². The molecule has 25 heavy (non-hydrogen) atoms. The van der Waals surface area contributed by atoms with Crippen molar-refractivity contribution in [1.82, 2.24) is 19.9 Å². The second kappa shape index (κ2) is 6.65. The van der Waals surface area contributed by atoms with Crippen LogP contribution in [0, 0.1) is 12.9 Å². The van der Waals surface area contributed by atoms with Gasteiger partial charge in [-0.3, -0.25) is 0 Å². The highest BCUT2D eigenvalue weighted by atomic mass is 32.1. The number of nitrogens with zero attached hydrogens (tertiary/aromatic N) is 5. The highest BCUT2D eigenvalue weighted by Gasteiger charge is 2.22. The standard InChI is InChI=1S/C18H20FN5S/c1-3-23-4-6-24(7-5-23)17-16-14(10-25-18(16)22-11-21-17)13-9-20-15(19)8-12(13)2/h8-11H,3-7H2,1-2H3. The molecule has 0 aromatic carbocycles. The van der Waals surface area contributed by atoms with Gasteiger partial charge in [-0.2, -0.15) is 4.39 Å². The molecule has 3 aromatic heterocycles. The first kappa shape index (κ1) is 16.4. The monoisotopic (exact) mass is 357 g/mol. The van der Waals surface area contributed by atoms with Crippen molar-refractivity contribution < 1.29 is 4.39 Å². The molecule has 130 valence electrons. The summed E-state index contributed by atoms with van der Waals surface area (Å²) >= 11 is 1.60. The molecule has 0 bridgehead atoms. The molecule has 0 aliphatic carbocycles. The van der Waals surface area contributed by atoms with Gasteiger partial charge >= 0.3 is 0 Å². The van der Waals surface area contributed by atoms with Crippen molar-refractivity contribution in [2.24, 2.45) is 0 Å². The van der Waals surface area contributed by atoms with Gasteiger partial charge in [0.1, 0.15) is 17.0 Å².